The first kappa shape index (κ1) is 21.5. The predicted octanol–water partition coefficient (Wildman–Crippen LogP) is 4.89. The van der Waals surface area contributed by atoms with Gasteiger partial charge < -0.3 is 5.11 Å². The lowest BCUT2D eigenvalue weighted by Crippen LogP contribution is -2.56. The third-order valence-electron chi connectivity index (χ3n) is 5.92. The summed E-state index contributed by atoms with van der Waals surface area (Å²) in [6.45, 7) is 2.01. The number of nitrogens with zero attached hydrogens (tertiary/aromatic N) is 3. The largest absolute Gasteiger partial charge is 0.508 e. The SMILES string of the molecule is CSC1=NN2C(NC(c3ccc(C(F)(F)F)cc3)C(C)C2c2ccc(O)cc2)C1C#N. The van der Waals surface area contributed by atoms with Crippen molar-refractivity contribution < 1.29 is 18.3 Å². The second kappa shape index (κ2) is 8.09. The topological polar surface area (TPSA) is 71.7 Å². The van der Waals surface area contributed by atoms with Crippen molar-refractivity contribution in [2.24, 2.45) is 16.9 Å². The number of rotatable bonds is 2. The number of fused-ring (bicyclic) bond motifs is 1. The second-order valence-electron chi connectivity index (χ2n) is 7.73. The molecule has 2 aliphatic heterocycles. The fourth-order valence-corrected chi connectivity index (χ4v) is 5.00. The standard InChI is InChI=1S/C22H21F3N4OS/c1-12-18(13-3-7-15(8-4-13)22(23,24)25)27-20-17(11-26)21(31-2)28-29(20)19(12)14-5-9-16(30)10-6-14/h3-10,12,17-20,27,30H,1-2H3. The average molecular weight is 446 g/mol. The predicted molar refractivity (Wildman–Crippen MR) is 113 cm³/mol. The molecule has 2 aliphatic rings. The van der Waals surface area contributed by atoms with Crippen LogP contribution in [0.1, 0.15) is 35.7 Å². The van der Waals surface area contributed by atoms with Crippen LogP contribution in [-0.2, 0) is 6.18 Å². The molecule has 2 aromatic carbocycles. The highest BCUT2D eigenvalue weighted by Gasteiger charge is 2.49. The van der Waals surface area contributed by atoms with Crippen molar-refractivity contribution >= 4 is 16.8 Å². The van der Waals surface area contributed by atoms with Crippen LogP contribution < -0.4 is 5.32 Å². The first-order valence-corrected chi connectivity index (χ1v) is 11.0. The number of nitrogens with one attached hydrogen (secondary N) is 1. The summed E-state index contributed by atoms with van der Waals surface area (Å²) in [6.07, 6.45) is -2.93. The Morgan fingerprint density at radius 3 is 2.26 bits per heavy atom. The Morgan fingerprint density at radius 1 is 1.10 bits per heavy atom. The highest BCUT2D eigenvalue weighted by atomic mass is 32.2. The summed E-state index contributed by atoms with van der Waals surface area (Å²) < 4.78 is 39.0. The number of aromatic hydroxyl groups is 1. The van der Waals surface area contributed by atoms with Crippen molar-refractivity contribution in [2.75, 3.05) is 6.26 Å². The van der Waals surface area contributed by atoms with Gasteiger partial charge in [0.25, 0.3) is 0 Å². The molecule has 0 aromatic heterocycles. The maximum atomic E-state index is 13.0. The van der Waals surface area contributed by atoms with Crippen LogP contribution in [0.25, 0.3) is 0 Å². The number of hydrogen-bond acceptors (Lipinski definition) is 6. The van der Waals surface area contributed by atoms with Gasteiger partial charge in [-0.2, -0.15) is 23.5 Å². The number of alkyl halides is 3. The lowest BCUT2D eigenvalue weighted by atomic mass is 9.81. The van der Waals surface area contributed by atoms with Crippen LogP contribution in [0.2, 0.25) is 0 Å². The van der Waals surface area contributed by atoms with Gasteiger partial charge >= 0.3 is 6.18 Å². The molecular weight excluding hydrogens is 425 g/mol. The third kappa shape index (κ3) is 3.86. The van der Waals surface area contributed by atoms with E-state index in [0.29, 0.717) is 5.04 Å². The smallest absolute Gasteiger partial charge is 0.416 e. The van der Waals surface area contributed by atoms with Gasteiger partial charge in [-0.05, 0) is 41.6 Å². The Labute approximate surface area is 182 Å². The molecular formula is C22H21F3N4OS. The fraction of sp³-hybridized carbons (Fsp3) is 0.364. The molecule has 2 aromatic rings. The van der Waals surface area contributed by atoms with Crippen molar-refractivity contribution in [3.05, 3.63) is 65.2 Å². The van der Waals surface area contributed by atoms with Crippen LogP contribution in [0.15, 0.2) is 53.6 Å². The van der Waals surface area contributed by atoms with Gasteiger partial charge in [0.1, 0.15) is 22.9 Å². The highest BCUT2D eigenvalue weighted by molar-refractivity contribution is 8.13. The maximum Gasteiger partial charge on any atom is 0.416 e. The summed E-state index contributed by atoms with van der Waals surface area (Å²) in [6, 6.07) is 13.8. The second-order valence-corrected chi connectivity index (χ2v) is 8.56. The molecule has 1 saturated heterocycles. The van der Waals surface area contributed by atoms with Crippen LogP contribution >= 0.6 is 11.8 Å². The van der Waals surface area contributed by atoms with Gasteiger partial charge in [-0.15, -0.1) is 11.8 Å². The number of hydrogen-bond donors (Lipinski definition) is 2. The molecule has 5 unspecified atom stereocenters. The molecule has 0 aliphatic carbocycles. The quantitative estimate of drug-likeness (QED) is 0.687. The normalized spacial score (nSPS) is 28.1. The molecule has 2 heterocycles. The van der Waals surface area contributed by atoms with E-state index in [2.05, 4.69) is 11.4 Å². The molecule has 2 N–H and O–H groups in total. The zero-order chi connectivity index (χ0) is 22.3. The van der Waals surface area contributed by atoms with Gasteiger partial charge in [0, 0.05) is 12.0 Å². The van der Waals surface area contributed by atoms with E-state index in [-0.39, 0.29) is 23.8 Å². The first-order chi connectivity index (χ1) is 14.7. The van der Waals surface area contributed by atoms with Crippen LogP contribution in [0.5, 0.6) is 5.75 Å². The number of thioether (sulfide) groups is 1. The molecule has 0 radical (unpaired) electrons. The van der Waals surface area contributed by atoms with Crippen molar-refractivity contribution in [1.29, 1.82) is 5.26 Å². The minimum absolute atomic E-state index is 0.0816. The van der Waals surface area contributed by atoms with Crippen LogP contribution in [-0.4, -0.2) is 27.6 Å². The molecule has 9 heteroatoms. The maximum absolute atomic E-state index is 13.0. The van der Waals surface area contributed by atoms with Gasteiger partial charge in [-0.25, -0.2) is 0 Å². The lowest BCUT2D eigenvalue weighted by molar-refractivity contribution is -0.137. The summed E-state index contributed by atoms with van der Waals surface area (Å²) in [5, 5.41) is 30.2. The summed E-state index contributed by atoms with van der Waals surface area (Å²) >= 11 is 1.41. The molecule has 1 fully saturated rings. The third-order valence-corrected chi connectivity index (χ3v) is 6.67. The van der Waals surface area contributed by atoms with Crippen LogP contribution in [0.4, 0.5) is 13.2 Å². The summed E-state index contributed by atoms with van der Waals surface area (Å²) in [4.78, 5) is 0. The Hall–Kier alpha value is -2.70. The van der Waals surface area contributed by atoms with Gasteiger partial charge in [-0.3, -0.25) is 10.3 Å². The molecule has 0 saturated carbocycles. The van der Waals surface area contributed by atoms with Gasteiger partial charge in [0.15, 0.2) is 0 Å². The summed E-state index contributed by atoms with van der Waals surface area (Å²) in [5.41, 5.74) is 0.940. The molecule has 0 bridgehead atoms. The molecule has 31 heavy (non-hydrogen) atoms. The minimum Gasteiger partial charge on any atom is -0.508 e. The Balaban J connectivity index is 1.75. The van der Waals surface area contributed by atoms with Crippen molar-refractivity contribution in [1.82, 2.24) is 10.3 Å². The summed E-state index contributed by atoms with van der Waals surface area (Å²) in [7, 11) is 0. The van der Waals surface area contributed by atoms with Crippen molar-refractivity contribution in [3.63, 3.8) is 0 Å². The van der Waals surface area contributed by atoms with E-state index >= 15 is 0 Å². The number of benzene rings is 2. The fourth-order valence-electron chi connectivity index (χ4n) is 4.39. The number of nitriles is 1. The van der Waals surface area contributed by atoms with Gasteiger partial charge in [-0.1, -0.05) is 31.2 Å². The van der Waals surface area contributed by atoms with E-state index in [9.17, 15) is 23.5 Å². The number of phenolic OH excluding ortho intramolecular Hbond substituents is 1. The molecule has 0 amide bonds. The van der Waals surface area contributed by atoms with Crippen LogP contribution in [0.3, 0.4) is 0 Å². The van der Waals surface area contributed by atoms with E-state index in [4.69, 9.17) is 5.10 Å². The molecule has 5 atom stereocenters. The summed E-state index contributed by atoms with van der Waals surface area (Å²) in [5.74, 6) is -0.424. The number of halogens is 3. The van der Waals surface area contributed by atoms with E-state index in [1.54, 1.807) is 12.1 Å². The van der Waals surface area contributed by atoms with E-state index in [1.165, 1.54) is 23.9 Å². The van der Waals surface area contributed by atoms with Crippen molar-refractivity contribution in [3.8, 4) is 11.8 Å². The van der Waals surface area contributed by atoms with E-state index < -0.39 is 23.8 Å². The zero-order valence-corrected chi connectivity index (χ0v) is 17.7. The number of phenols is 1. The molecule has 162 valence electrons. The minimum atomic E-state index is -4.39. The average Bonchev–Trinajstić information content (AvgIpc) is 3.11. The molecule has 0 spiro atoms. The van der Waals surface area contributed by atoms with Gasteiger partial charge in [0.2, 0.25) is 0 Å². The Kier molecular flexibility index (Phi) is 5.62. The highest BCUT2D eigenvalue weighted by Crippen LogP contribution is 2.46. The van der Waals surface area contributed by atoms with Crippen LogP contribution in [0, 0.1) is 23.2 Å². The van der Waals surface area contributed by atoms with E-state index in [1.807, 2.05) is 30.3 Å². The molecule has 4 rings (SSSR count). The van der Waals surface area contributed by atoms with Crippen molar-refractivity contribution in [2.45, 2.75) is 31.3 Å². The Morgan fingerprint density at radius 2 is 1.71 bits per heavy atom. The lowest BCUT2D eigenvalue weighted by Gasteiger charge is -2.47. The van der Waals surface area contributed by atoms with E-state index in [0.717, 1.165) is 23.3 Å². The van der Waals surface area contributed by atoms with Gasteiger partial charge in [0.05, 0.1) is 17.7 Å². The Bertz CT molecular complexity index is 1020. The monoisotopic (exact) mass is 446 g/mol. The molecule has 5 nitrogen and oxygen atoms in total. The zero-order valence-electron chi connectivity index (χ0n) is 16.8. The first-order valence-electron chi connectivity index (χ1n) is 9.77. The number of hydrazone groups is 1.